The first-order valence-corrected chi connectivity index (χ1v) is 16.4. The fraction of sp³-hybridized carbons (Fsp3) is 0.342. The van der Waals surface area contributed by atoms with Gasteiger partial charge in [-0.25, -0.2) is 9.78 Å². The standard InChI is InChI=1S/C38H44N6O3/c1-8-9-19-44-36-29(15-12-18-40-36)33(32-16-10-13-25(6)41-32)35(37(44)45)43-38(46)42-34-30(23(2)3)20-28(21-31(34)24(4)5)47-26(7)27-14-11-17-39-22-27/h10-18,20-24,26H,8-9,19H2,1-7H3,(H2,42,43,46). The SMILES string of the molecule is CCCCn1c(=O)c(NC(=O)Nc2c(C(C)C)cc(OC(C)c3cccnc3)cc2C(C)C)c(-c2cccc(C)n2)c2cccnc21. The number of fused-ring (bicyclic) bond motifs is 1. The van der Waals surface area contributed by atoms with Crippen LogP contribution >= 0.6 is 0 Å². The number of rotatable bonds is 11. The summed E-state index contributed by atoms with van der Waals surface area (Å²) in [6.45, 7) is 14.8. The molecule has 0 aliphatic rings. The van der Waals surface area contributed by atoms with Gasteiger partial charge in [0.2, 0.25) is 0 Å². The summed E-state index contributed by atoms with van der Waals surface area (Å²) in [5.41, 5.74) is 5.90. The zero-order valence-electron chi connectivity index (χ0n) is 28.3. The van der Waals surface area contributed by atoms with Gasteiger partial charge in [-0.2, -0.15) is 0 Å². The Labute approximate surface area is 276 Å². The molecule has 0 radical (unpaired) electrons. The lowest BCUT2D eigenvalue weighted by molar-refractivity contribution is 0.226. The quantitative estimate of drug-likeness (QED) is 0.150. The Kier molecular flexibility index (Phi) is 10.3. The second kappa shape index (κ2) is 14.6. The number of nitrogens with zero attached hydrogens (tertiary/aromatic N) is 4. The largest absolute Gasteiger partial charge is 0.486 e. The number of carbonyl (C=O) groups is 1. The fourth-order valence-electron chi connectivity index (χ4n) is 5.80. The summed E-state index contributed by atoms with van der Waals surface area (Å²) in [4.78, 5) is 41.8. The van der Waals surface area contributed by atoms with Crippen molar-refractivity contribution in [2.75, 3.05) is 10.6 Å². The predicted octanol–water partition coefficient (Wildman–Crippen LogP) is 8.99. The Hall–Kier alpha value is -5.05. The Bertz CT molecular complexity index is 1910. The molecule has 1 aromatic carbocycles. The van der Waals surface area contributed by atoms with Crippen LogP contribution in [0.4, 0.5) is 16.2 Å². The van der Waals surface area contributed by atoms with Crippen LogP contribution in [-0.4, -0.2) is 25.6 Å². The number of aromatic nitrogens is 4. The van der Waals surface area contributed by atoms with E-state index in [9.17, 15) is 9.59 Å². The fourth-order valence-corrected chi connectivity index (χ4v) is 5.80. The van der Waals surface area contributed by atoms with E-state index in [4.69, 9.17) is 9.72 Å². The van der Waals surface area contributed by atoms with E-state index in [-0.39, 0.29) is 29.2 Å². The summed E-state index contributed by atoms with van der Waals surface area (Å²) in [6.07, 6.45) is 6.72. The van der Waals surface area contributed by atoms with Crippen molar-refractivity contribution in [2.24, 2.45) is 0 Å². The molecule has 4 heterocycles. The number of urea groups is 1. The smallest absolute Gasteiger partial charge is 0.323 e. The van der Waals surface area contributed by atoms with Crippen LogP contribution in [0.15, 0.2) is 78.0 Å². The van der Waals surface area contributed by atoms with Gasteiger partial charge < -0.3 is 15.4 Å². The van der Waals surface area contributed by atoms with E-state index in [1.165, 1.54) is 0 Å². The number of pyridine rings is 4. The molecule has 2 amide bonds. The van der Waals surface area contributed by atoms with Crippen molar-refractivity contribution in [3.8, 4) is 17.0 Å². The van der Waals surface area contributed by atoms with Crippen LogP contribution in [0, 0.1) is 6.92 Å². The normalized spacial score (nSPS) is 12.0. The van der Waals surface area contributed by atoms with Crippen LogP contribution in [0.25, 0.3) is 22.3 Å². The maximum absolute atomic E-state index is 14.2. The molecule has 0 saturated heterocycles. The number of carbonyl (C=O) groups excluding carboxylic acids is 1. The van der Waals surface area contributed by atoms with Crippen molar-refractivity contribution < 1.29 is 9.53 Å². The summed E-state index contributed by atoms with van der Waals surface area (Å²) < 4.78 is 8.04. The molecule has 0 saturated carbocycles. The van der Waals surface area contributed by atoms with E-state index in [1.54, 1.807) is 23.2 Å². The van der Waals surface area contributed by atoms with E-state index in [0.29, 0.717) is 34.9 Å². The molecular formula is C38H44N6O3. The van der Waals surface area contributed by atoms with Crippen LogP contribution in [0.5, 0.6) is 5.75 Å². The number of unbranched alkanes of at least 4 members (excludes halogenated alkanes) is 1. The lowest BCUT2D eigenvalue weighted by Crippen LogP contribution is -2.30. The Morgan fingerprint density at radius 1 is 0.915 bits per heavy atom. The minimum atomic E-state index is -0.512. The molecule has 5 aromatic rings. The maximum atomic E-state index is 14.2. The molecule has 0 aliphatic heterocycles. The molecule has 5 rings (SSSR count). The summed E-state index contributed by atoms with van der Waals surface area (Å²) in [5, 5.41) is 6.84. The first-order valence-electron chi connectivity index (χ1n) is 16.4. The van der Waals surface area contributed by atoms with Gasteiger partial charge in [0.25, 0.3) is 5.56 Å². The molecule has 4 aromatic heterocycles. The summed E-state index contributed by atoms with van der Waals surface area (Å²) >= 11 is 0. The topological polar surface area (TPSA) is 111 Å². The van der Waals surface area contributed by atoms with Crippen molar-refractivity contribution >= 4 is 28.4 Å². The van der Waals surface area contributed by atoms with Crippen molar-refractivity contribution in [1.82, 2.24) is 19.5 Å². The highest BCUT2D eigenvalue weighted by Crippen LogP contribution is 2.38. The number of ether oxygens (including phenoxy) is 1. The predicted molar refractivity (Wildman–Crippen MR) is 189 cm³/mol. The molecule has 1 atom stereocenters. The third kappa shape index (κ3) is 7.35. The lowest BCUT2D eigenvalue weighted by Gasteiger charge is -2.24. The molecule has 0 spiro atoms. The Morgan fingerprint density at radius 3 is 2.26 bits per heavy atom. The first-order chi connectivity index (χ1) is 22.6. The van der Waals surface area contributed by atoms with Crippen molar-refractivity contribution in [3.63, 3.8) is 0 Å². The molecular weight excluding hydrogens is 588 g/mol. The highest BCUT2D eigenvalue weighted by molar-refractivity contribution is 6.07. The van der Waals surface area contributed by atoms with Crippen LogP contribution < -0.4 is 20.9 Å². The van der Waals surface area contributed by atoms with E-state index in [1.807, 2.05) is 68.4 Å². The van der Waals surface area contributed by atoms with Gasteiger partial charge in [-0.15, -0.1) is 0 Å². The molecule has 9 nitrogen and oxygen atoms in total. The molecule has 0 aliphatic carbocycles. The Morgan fingerprint density at radius 2 is 1.62 bits per heavy atom. The van der Waals surface area contributed by atoms with Crippen molar-refractivity contribution in [3.05, 3.63) is 106 Å². The molecule has 0 bridgehead atoms. The van der Waals surface area contributed by atoms with Gasteiger partial charge in [0.05, 0.1) is 5.69 Å². The highest BCUT2D eigenvalue weighted by atomic mass is 16.5. The van der Waals surface area contributed by atoms with Gasteiger partial charge in [-0.3, -0.25) is 19.3 Å². The van der Waals surface area contributed by atoms with Crippen molar-refractivity contribution in [2.45, 2.75) is 85.8 Å². The zero-order valence-corrected chi connectivity index (χ0v) is 28.3. The molecule has 47 heavy (non-hydrogen) atoms. The molecule has 2 N–H and O–H groups in total. The number of nitrogens with one attached hydrogen (secondary N) is 2. The van der Waals surface area contributed by atoms with Crippen LogP contribution in [0.2, 0.25) is 0 Å². The van der Waals surface area contributed by atoms with Gasteiger partial charge in [0.1, 0.15) is 23.2 Å². The monoisotopic (exact) mass is 632 g/mol. The molecule has 244 valence electrons. The number of hydrogen-bond donors (Lipinski definition) is 2. The lowest BCUT2D eigenvalue weighted by atomic mass is 9.92. The number of aryl methyl sites for hydroxylation is 2. The van der Waals surface area contributed by atoms with Gasteiger partial charge >= 0.3 is 6.03 Å². The summed E-state index contributed by atoms with van der Waals surface area (Å²) in [6, 6.07) is 16.8. The van der Waals surface area contributed by atoms with Crippen LogP contribution in [-0.2, 0) is 6.54 Å². The summed E-state index contributed by atoms with van der Waals surface area (Å²) in [7, 11) is 0. The number of amides is 2. The van der Waals surface area contributed by atoms with Crippen LogP contribution in [0.1, 0.15) is 94.7 Å². The maximum Gasteiger partial charge on any atom is 0.323 e. The van der Waals surface area contributed by atoms with Gasteiger partial charge in [0.15, 0.2) is 0 Å². The van der Waals surface area contributed by atoms with Gasteiger partial charge in [0, 0.05) is 53.0 Å². The van der Waals surface area contributed by atoms with E-state index < -0.39 is 6.03 Å². The van der Waals surface area contributed by atoms with E-state index in [0.717, 1.165) is 40.6 Å². The summed E-state index contributed by atoms with van der Waals surface area (Å²) in [5.74, 6) is 0.864. The third-order valence-electron chi connectivity index (χ3n) is 8.26. The Balaban J connectivity index is 1.58. The molecule has 0 fully saturated rings. The van der Waals surface area contributed by atoms with Crippen molar-refractivity contribution in [1.29, 1.82) is 0 Å². The minimum absolute atomic E-state index is 0.0742. The zero-order chi connectivity index (χ0) is 33.7. The average Bonchev–Trinajstić information content (AvgIpc) is 3.05. The number of hydrogen-bond acceptors (Lipinski definition) is 6. The van der Waals surface area contributed by atoms with Gasteiger partial charge in [-0.05, 0) is 85.7 Å². The number of anilines is 2. The van der Waals surface area contributed by atoms with E-state index in [2.05, 4.69) is 55.2 Å². The molecule has 1 unspecified atom stereocenters. The average molecular weight is 633 g/mol. The van der Waals surface area contributed by atoms with E-state index >= 15 is 0 Å². The third-order valence-corrected chi connectivity index (χ3v) is 8.26. The first kappa shape index (κ1) is 33.3. The van der Waals surface area contributed by atoms with Crippen LogP contribution in [0.3, 0.4) is 0 Å². The number of benzene rings is 1. The second-order valence-corrected chi connectivity index (χ2v) is 12.5. The highest BCUT2D eigenvalue weighted by Gasteiger charge is 2.24. The second-order valence-electron chi connectivity index (χ2n) is 12.5. The van der Waals surface area contributed by atoms with Gasteiger partial charge in [-0.1, -0.05) is 53.2 Å². The molecule has 9 heteroatoms. The minimum Gasteiger partial charge on any atom is -0.486 e.